The van der Waals surface area contributed by atoms with E-state index in [0.29, 0.717) is 31.0 Å². The molecular formula is C25H27N7O2. The van der Waals surface area contributed by atoms with E-state index in [9.17, 15) is 9.59 Å². The Morgan fingerprint density at radius 1 is 1.09 bits per heavy atom. The molecule has 174 valence electrons. The molecule has 0 bridgehead atoms. The molecular weight excluding hydrogens is 430 g/mol. The fourth-order valence-electron chi connectivity index (χ4n) is 3.68. The average molecular weight is 458 g/mol. The first-order valence-electron chi connectivity index (χ1n) is 11.4. The Morgan fingerprint density at radius 3 is 2.59 bits per heavy atom. The summed E-state index contributed by atoms with van der Waals surface area (Å²) in [4.78, 5) is 25.5. The third kappa shape index (κ3) is 5.09. The SMILES string of the molecule is CC=CCc1nn(C(=O)CCCC)c(=O)n1Cc1ccc(-c2cccc(-c3nnn[nH]3)c2)cc1. The Labute approximate surface area is 197 Å². The van der Waals surface area contributed by atoms with Crippen molar-refractivity contribution in [1.82, 2.24) is 35.0 Å². The van der Waals surface area contributed by atoms with Crippen molar-refractivity contribution in [2.45, 2.75) is 46.1 Å². The Morgan fingerprint density at radius 2 is 1.88 bits per heavy atom. The van der Waals surface area contributed by atoms with Crippen LogP contribution in [0.3, 0.4) is 0 Å². The number of aromatic nitrogens is 7. The molecule has 4 aromatic rings. The van der Waals surface area contributed by atoms with Gasteiger partial charge in [-0.05, 0) is 46.5 Å². The summed E-state index contributed by atoms with van der Waals surface area (Å²) in [5.74, 6) is 0.923. The van der Waals surface area contributed by atoms with E-state index in [2.05, 4.69) is 25.7 Å². The van der Waals surface area contributed by atoms with Gasteiger partial charge in [0.15, 0.2) is 5.82 Å². The highest BCUT2D eigenvalue weighted by molar-refractivity contribution is 5.77. The second-order valence-corrected chi connectivity index (χ2v) is 7.99. The van der Waals surface area contributed by atoms with Crippen LogP contribution in [0, 0.1) is 0 Å². The van der Waals surface area contributed by atoms with Crippen LogP contribution >= 0.6 is 0 Å². The van der Waals surface area contributed by atoms with Gasteiger partial charge in [-0.25, -0.2) is 9.89 Å². The summed E-state index contributed by atoms with van der Waals surface area (Å²) >= 11 is 0. The number of tetrazole rings is 1. The lowest BCUT2D eigenvalue weighted by molar-refractivity contribution is 0.0878. The molecule has 34 heavy (non-hydrogen) atoms. The second-order valence-electron chi connectivity index (χ2n) is 7.99. The van der Waals surface area contributed by atoms with Crippen LogP contribution in [0.15, 0.2) is 65.5 Å². The highest BCUT2D eigenvalue weighted by Gasteiger charge is 2.17. The van der Waals surface area contributed by atoms with Crippen molar-refractivity contribution in [3.63, 3.8) is 0 Å². The van der Waals surface area contributed by atoms with Crippen molar-refractivity contribution < 1.29 is 4.79 Å². The number of benzene rings is 2. The third-order valence-corrected chi connectivity index (χ3v) is 5.56. The summed E-state index contributed by atoms with van der Waals surface area (Å²) in [7, 11) is 0. The van der Waals surface area contributed by atoms with Gasteiger partial charge in [0.05, 0.1) is 6.54 Å². The number of aromatic amines is 1. The maximum Gasteiger partial charge on any atom is 0.353 e. The Kier molecular flexibility index (Phi) is 7.22. The largest absolute Gasteiger partial charge is 0.353 e. The van der Waals surface area contributed by atoms with Gasteiger partial charge in [0.25, 0.3) is 5.91 Å². The summed E-state index contributed by atoms with van der Waals surface area (Å²) in [6.45, 7) is 4.27. The van der Waals surface area contributed by atoms with Crippen LogP contribution < -0.4 is 5.69 Å². The molecule has 2 aromatic heterocycles. The van der Waals surface area contributed by atoms with E-state index >= 15 is 0 Å². The molecule has 0 aliphatic heterocycles. The van der Waals surface area contributed by atoms with Crippen LogP contribution in [0.2, 0.25) is 0 Å². The quantitative estimate of drug-likeness (QED) is 0.382. The Hall–Kier alpha value is -4.14. The van der Waals surface area contributed by atoms with Crippen LogP contribution in [0.1, 0.15) is 49.3 Å². The molecule has 2 aromatic carbocycles. The van der Waals surface area contributed by atoms with Gasteiger partial charge in [-0.2, -0.15) is 0 Å². The van der Waals surface area contributed by atoms with E-state index in [1.54, 1.807) is 4.57 Å². The second kappa shape index (κ2) is 10.7. The molecule has 0 fully saturated rings. The van der Waals surface area contributed by atoms with Gasteiger partial charge >= 0.3 is 5.69 Å². The van der Waals surface area contributed by atoms with Crippen LogP contribution in [-0.2, 0) is 13.0 Å². The summed E-state index contributed by atoms with van der Waals surface area (Å²) in [5, 5.41) is 18.3. The number of rotatable bonds is 9. The minimum Gasteiger partial charge on any atom is -0.274 e. The molecule has 0 saturated carbocycles. The molecule has 1 N–H and O–H groups in total. The minimum atomic E-state index is -0.391. The maximum absolute atomic E-state index is 13.0. The van der Waals surface area contributed by atoms with E-state index in [1.807, 2.05) is 74.5 Å². The average Bonchev–Trinajstić information content (AvgIpc) is 3.51. The van der Waals surface area contributed by atoms with E-state index in [1.165, 1.54) is 0 Å². The van der Waals surface area contributed by atoms with Crippen molar-refractivity contribution in [3.05, 3.63) is 82.6 Å². The number of nitrogens with one attached hydrogen (secondary N) is 1. The normalized spacial score (nSPS) is 11.4. The molecule has 0 radical (unpaired) electrons. The highest BCUT2D eigenvalue weighted by atomic mass is 16.2. The lowest BCUT2D eigenvalue weighted by Crippen LogP contribution is -2.30. The van der Waals surface area contributed by atoms with Crippen LogP contribution in [0.5, 0.6) is 0 Å². The van der Waals surface area contributed by atoms with Crippen molar-refractivity contribution >= 4 is 5.91 Å². The number of carbonyl (C=O) groups is 1. The summed E-state index contributed by atoms with van der Waals surface area (Å²) < 4.78 is 2.60. The number of allylic oxidation sites excluding steroid dienone is 2. The van der Waals surface area contributed by atoms with Crippen LogP contribution in [-0.4, -0.2) is 40.9 Å². The number of unbranched alkanes of at least 4 members (excludes halogenated alkanes) is 1. The zero-order valence-electron chi connectivity index (χ0n) is 19.3. The molecule has 0 aliphatic carbocycles. The van der Waals surface area contributed by atoms with Gasteiger partial charge in [-0.15, -0.1) is 14.9 Å². The number of H-pyrrole nitrogens is 1. The molecule has 0 atom stereocenters. The predicted molar refractivity (Wildman–Crippen MR) is 129 cm³/mol. The summed E-state index contributed by atoms with van der Waals surface area (Å²) in [6, 6.07) is 15.9. The smallest absolute Gasteiger partial charge is 0.274 e. The summed E-state index contributed by atoms with van der Waals surface area (Å²) in [5.41, 5.74) is 3.51. The molecule has 9 heteroatoms. The van der Waals surface area contributed by atoms with Gasteiger partial charge in [-0.1, -0.05) is 68.0 Å². The van der Waals surface area contributed by atoms with Gasteiger partial charge < -0.3 is 0 Å². The van der Waals surface area contributed by atoms with E-state index < -0.39 is 5.69 Å². The molecule has 2 heterocycles. The van der Waals surface area contributed by atoms with Crippen molar-refractivity contribution in [1.29, 1.82) is 0 Å². The Bertz CT molecular complexity index is 1330. The number of nitrogens with zero attached hydrogens (tertiary/aromatic N) is 6. The standard InChI is InChI=1S/C25H27N7O2/c1-3-5-10-22-28-32(23(33)11-6-4-2)25(34)31(22)17-18-12-14-19(15-13-18)20-8-7-9-21(16-20)24-26-29-30-27-24/h3,5,7-9,12-16H,4,6,10-11,17H2,1-2H3,(H,26,27,29,30). The molecule has 0 amide bonds. The highest BCUT2D eigenvalue weighted by Crippen LogP contribution is 2.24. The monoisotopic (exact) mass is 457 g/mol. The predicted octanol–water partition coefficient (Wildman–Crippen LogP) is 3.89. The van der Waals surface area contributed by atoms with Crippen LogP contribution in [0.4, 0.5) is 0 Å². The van der Waals surface area contributed by atoms with E-state index in [-0.39, 0.29) is 5.91 Å². The van der Waals surface area contributed by atoms with Gasteiger partial charge in [0.2, 0.25) is 0 Å². The number of carbonyl (C=O) groups excluding carboxylic acids is 1. The summed E-state index contributed by atoms with van der Waals surface area (Å²) in [6.07, 6.45) is 6.26. The zero-order chi connectivity index (χ0) is 23.9. The molecule has 0 unspecified atom stereocenters. The van der Waals surface area contributed by atoms with Crippen LogP contribution in [0.25, 0.3) is 22.5 Å². The lowest BCUT2D eigenvalue weighted by Gasteiger charge is -2.07. The van der Waals surface area contributed by atoms with Gasteiger partial charge in [0, 0.05) is 18.4 Å². The van der Waals surface area contributed by atoms with E-state index in [0.717, 1.165) is 39.8 Å². The van der Waals surface area contributed by atoms with Gasteiger partial charge in [-0.3, -0.25) is 9.36 Å². The first-order valence-corrected chi connectivity index (χ1v) is 11.4. The fraction of sp³-hybridized carbons (Fsp3) is 0.280. The number of hydrogen-bond acceptors (Lipinski definition) is 6. The third-order valence-electron chi connectivity index (χ3n) is 5.56. The lowest BCUT2D eigenvalue weighted by atomic mass is 10.0. The van der Waals surface area contributed by atoms with E-state index in [4.69, 9.17) is 0 Å². The molecule has 0 spiro atoms. The number of hydrogen-bond donors (Lipinski definition) is 1. The minimum absolute atomic E-state index is 0.260. The zero-order valence-corrected chi connectivity index (χ0v) is 19.3. The van der Waals surface area contributed by atoms with Gasteiger partial charge in [0.1, 0.15) is 5.82 Å². The maximum atomic E-state index is 13.0. The molecule has 4 rings (SSSR count). The first kappa shape index (κ1) is 23.0. The molecule has 0 saturated heterocycles. The molecule has 9 nitrogen and oxygen atoms in total. The van der Waals surface area contributed by atoms with Crippen molar-refractivity contribution in [2.75, 3.05) is 0 Å². The fourth-order valence-corrected chi connectivity index (χ4v) is 3.68. The van der Waals surface area contributed by atoms with Crippen molar-refractivity contribution in [3.8, 4) is 22.5 Å². The first-order chi connectivity index (χ1) is 16.6. The topological polar surface area (TPSA) is 111 Å². The van der Waals surface area contributed by atoms with Crippen molar-refractivity contribution in [2.24, 2.45) is 0 Å². The Balaban J connectivity index is 1.58. The molecule has 0 aliphatic rings.